The Balaban J connectivity index is 2.91. The molecule has 0 fully saturated rings. The zero-order valence-electron chi connectivity index (χ0n) is 18.9. The van der Waals surface area contributed by atoms with Crippen LogP contribution in [0, 0.1) is 0 Å². The highest BCUT2D eigenvalue weighted by Crippen LogP contribution is 2.14. The standard InChI is InChI=1S/C22H34N2O6/c1-21(2,3)29-19(27)23-15-11-7-10-14-18(26)24(20(28)30-22(4,5)6)16-12-8-9-13-17(23)25/h7-8,11-12H,9-10,13-16H2,1-6H3/b11-7-,12-8-. The van der Waals surface area contributed by atoms with E-state index < -0.39 is 23.4 Å². The van der Waals surface area contributed by atoms with Gasteiger partial charge in [-0.25, -0.2) is 19.4 Å². The van der Waals surface area contributed by atoms with E-state index in [1.54, 1.807) is 65.8 Å². The van der Waals surface area contributed by atoms with Gasteiger partial charge in [0, 0.05) is 12.8 Å². The molecule has 0 aromatic rings. The fourth-order valence-electron chi connectivity index (χ4n) is 2.47. The Morgan fingerprint density at radius 2 is 1.03 bits per heavy atom. The van der Waals surface area contributed by atoms with Gasteiger partial charge < -0.3 is 9.47 Å². The number of hydrogen-bond donors (Lipinski definition) is 0. The first-order chi connectivity index (χ1) is 13.8. The number of nitrogens with zero attached hydrogens (tertiary/aromatic N) is 2. The summed E-state index contributed by atoms with van der Waals surface area (Å²) >= 11 is 0. The third-order valence-electron chi connectivity index (χ3n) is 3.79. The molecule has 0 N–H and O–H groups in total. The predicted octanol–water partition coefficient (Wildman–Crippen LogP) is 4.20. The number of amides is 4. The van der Waals surface area contributed by atoms with Crippen molar-refractivity contribution in [2.24, 2.45) is 0 Å². The smallest absolute Gasteiger partial charge is 0.417 e. The molecule has 0 saturated carbocycles. The van der Waals surface area contributed by atoms with Gasteiger partial charge in [-0.15, -0.1) is 0 Å². The van der Waals surface area contributed by atoms with Crippen LogP contribution in [0.2, 0.25) is 0 Å². The Labute approximate surface area is 178 Å². The first kappa shape index (κ1) is 25.4. The van der Waals surface area contributed by atoms with Gasteiger partial charge in [-0.2, -0.15) is 0 Å². The maximum absolute atomic E-state index is 12.5. The van der Waals surface area contributed by atoms with E-state index in [1.165, 1.54) is 0 Å². The zero-order valence-corrected chi connectivity index (χ0v) is 18.9. The lowest BCUT2D eigenvalue weighted by Crippen LogP contribution is -2.41. The quantitative estimate of drug-likeness (QED) is 0.543. The summed E-state index contributed by atoms with van der Waals surface area (Å²) in [5, 5.41) is 0. The first-order valence-electron chi connectivity index (χ1n) is 10.2. The van der Waals surface area contributed by atoms with Crippen molar-refractivity contribution in [2.45, 2.75) is 78.4 Å². The second-order valence-electron chi connectivity index (χ2n) is 8.99. The molecule has 1 heterocycles. The lowest BCUT2D eigenvalue weighted by Gasteiger charge is -2.26. The van der Waals surface area contributed by atoms with E-state index in [0.29, 0.717) is 12.8 Å². The number of ether oxygens (including phenoxy) is 2. The third-order valence-corrected chi connectivity index (χ3v) is 3.79. The zero-order chi connectivity index (χ0) is 22.9. The SMILES string of the molecule is CC(C)(C)OC(=O)N1C/C=C\CCC(=O)N(C(=O)OC(C)(C)C)C/C=C\CCC1=O. The van der Waals surface area contributed by atoms with E-state index in [1.807, 2.05) is 0 Å². The van der Waals surface area contributed by atoms with Gasteiger partial charge >= 0.3 is 12.2 Å². The maximum Gasteiger partial charge on any atom is 0.417 e. The highest BCUT2D eigenvalue weighted by atomic mass is 16.6. The molecular weight excluding hydrogens is 388 g/mol. The van der Waals surface area contributed by atoms with Crippen LogP contribution in [0.5, 0.6) is 0 Å². The van der Waals surface area contributed by atoms with Crippen molar-refractivity contribution in [3.05, 3.63) is 24.3 Å². The number of rotatable bonds is 0. The summed E-state index contributed by atoms with van der Waals surface area (Å²) in [4.78, 5) is 51.9. The Kier molecular flexibility index (Phi) is 9.26. The van der Waals surface area contributed by atoms with Crippen molar-refractivity contribution >= 4 is 24.0 Å². The fraction of sp³-hybridized carbons (Fsp3) is 0.636. The van der Waals surface area contributed by atoms with Gasteiger partial charge in [0.25, 0.3) is 0 Å². The van der Waals surface area contributed by atoms with Crippen molar-refractivity contribution in [3.63, 3.8) is 0 Å². The lowest BCUT2D eigenvalue weighted by molar-refractivity contribution is -0.131. The minimum absolute atomic E-state index is 0.0570. The van der Waals surface area contributed by atoms with Crippen LogP contribution >= 0.6 is 0 Å². The molecule has 0 aromatic heterocycles. The van der Waals surface area contributed by atoms with Crippen molar-refractivity contribution in [2.75, 3.05) is 13.1 Å². The minimum Gasteiger partial charge on any atom is -0.443 e. The summed E-state index contributed by atoms with van der Waals surface area (Å²) in [5.74, 6) is -0.702. The Morgan fingerprint density at radius 3 is 1.33 bits per heavy atom. The van der Waals surface area contributed by atoms with E-state index in [9.17, 15) is 19.2 Å². The largest absolute Gasteiger partial charge is 0.443 e. The summed E-state index contributed by atoms with van der Waals surface area (Å²) in [6, 6.07) is 0. The average molecular weight is 423 g/mol. The third kappa shape index (κ3) is 9.71. The topological polar surface area (TPSA) is 93.2 Å². The van der Waals surface area contributed by atoms with E-state index >= 15 is 0 Å². The molecule has 8 heteroatoms. The molecular formula is C22H34N2O6. The molecule has 8 nitrogen and oxygen atoms in total. The molecule has 0 bridgehead atoms. The van der Waals surface area contributed by atoms with Crippen LogP contribution in [0.15, 0.2) is 24.3 Å². The van der Waals surface area contributed by atoms with Gasteiger partial charge in [0.05, 0.1) is 13.1 Å². The summed E-state index contributed by atoms with van der Waals surface area (Å²) in [6.45, 7) is 10.5. The second kappa shape index (κ2) is 10.9. The number of allylic oxidation sites excluding steroid dienone is 2. The average Bonchev–Trinajstić information content (AvgIpc) is 2.56. The molecule has 0 aliphatic carbocycles. The highest BCUT2D eigenvalue weighted by molar-refractivity contribution is 5.93. The molecule has 0 spiro atoms. The highest BCUT2D eigenvalue weighted by Gasteiger charge is 2.27. The van der Waals surface area contributed by atoms with Gasteiger partial charge in [0.1, 0.15) is 11.2 Å². The molecule has 0 radical (unpaired) electrons. The molecule has 0 aromatic carbocycles. The van der Waals surface area contributed by atoms with Gasteiger partial charge in [0.2, 0.25) is 11.8 Å². The summed E-state index contributed by atoms with van der Waals surface area (Å²) < 4.78 is 10.6. The van der Waals surface area contributed by atoms with Crippen molar-refractivity contribution in [1.82, 2.24) is 9.80 Å². The summed E-state index contributed by atoms with van der Waals surface area (Å²) in [6.07, 6.45) is 6.24. The lowest BCUT2D eigenvalue weighted by atomic mass is 10.2. The molecule has 0 atom stereocenters. The maximum atomic E-state index is 12.5. The van der Waals surface area contributed by atoms with Crippen LogP contribution in [0.25, 0.3) is 0 Å². The number of carbonyl (C=O) groups excluding carboxylic acids is 4. The van der Waals surface area contributed by atoms with Crippen LogP contribution in [0.4, 0.5) is 9.59 Å². The Bertz CT molecular complexity index is 637. The summed E-state index contributed by atoms with van der Waals surface area (Å²) in [5.41, 5.74) is -1.42. The van der Waals surface area contributed by atoms with Gasteiger partial charge in [-0.05, 0) is 54.4 Å². The van der Waals surface area contributed by atoms with Crippen LogP contribution in [-0.4, -0.2) is 58.1 Å². The van der Waals surface area contributed by atoms with Crippen molar-refractivity contribution in [1.29, 1.82) is 0 Å². The predicted molar refractivity (Wildman–Crippen MR) is 113 cm³/mol. The molecule has 4 amide bonds. The van der Waals surface area contributed by atoms with Gasteiger partial charge in [-0.1, -0.05) is 24.3 Å². The van der Waals surface area contributed by atoms with E-state index in [0.717, 1.165) is 9.80 Å². The molecule has 0 saturated heterocycles. The van der Waals surface area contributed by atoms with E-state index in [2.05, 4.69) is 0 Å². The molecule has 1 aliphatic heterocycles. The molecule has 30 heavy (non-hydrogen) atoms. The van der Waals surface area contributed by atoms with Gasteiger partial charge in [0.15, 0.2) is 0 Å². The van der Waals surface area contributed by atoms with Crippen LogP contribution in [-0.2, 0) is 19.1 Å². The van der Waals surface area contributed by atoms with Crippen LogP contribution < -0.4 is 0 Å². The Morgan fingerprint density at radius 1 is 0.700 bits per heavy atom. The number of hydrogen-bond acceptors (Lipinski definition) is 6. The minimum atomic E-state index is -0.711. The van der Waals surface area contributed by atoms with Crippen LogP contribution in [0.3, 0.4) is 0 Å². The molecule has 168 valence electrons. The molecule has 1 rings (SSSR count). The fourth-order valence-corrected chi connectivity index (χ4v) is 2.47. The van der Waals surface area contributed by atoms with Gasteiger partial charge in [-0.3, -0.25) is 9.59 Å². The molecule has 0 unspecified atom stereocenters. The van der Waals surface area contributed by atoms with Crippen LogP contribution in [0.1, 0.15) is 67.2 Å². The summed E-state index contributed by atoms with van der Waals surface area (Å²) in [7, 11) is 0. The Hall–Kier alpha value is -2.64. The monoisotopic (exact) mass is 422 g/mol. The number of imide groups is 2. The van der Waals surface area contributed by atoms with E-state index in [4.69, 9.17) is 9.47 Å². The van der Waals surface area contributed by atoms with Crippen molar-refractivity contribution in [3.8, 4) is 0 Å². The normalized spacial score (nSPS) is 19.7. The first-order valence-corrected chi connectivity index (χ1v) is 10.2. The second-order valence-corrected chi connectivity index (χ2v) is 8.99. The van der Waals surface area contributed by atoms with E-state index in [-0.39, 0.29) is 37.7 Å². The number of carbonyl (C=O) groups is 4. The molecule has 1 aliphatic rings. The van der Waals surface area contributed by atoms with Crippen molar-refractivity contribution < 1.29 is 28.7 Å².